The summed E-state index contributed by atoms with van der Waals surface area (Å²) < 4.78 is 60.9. The van der Waals surface area contributed by atoms with Gasteiger partial charge in [0, 0.05) is 0 Å². The van der Waals surface area contributed by atoms with Crippen LogP contribution >= 0.6 is 15.9 Å². The lowest BCUT2D eigenvalue weighted by atomic mass is 10.1. The minimum absolute atomic E-state index is 0.302. The second-order valence-electron chi connectivity index (χ2n) is 2.57. The summed E-state index contributed by atoms with van der Waals surface area (Å²) in [5.41, 5.74) is -4.65. The Kier molecular flexibility index (Phi) is 3.17. The van der Waals surface area contributed by atoms with E-state index in [4.69, 9.17) is 0 Å². The molecule has 1 heterocycles. The third-order valence-electron chi connectivity index (χ3n) is 1.56. The first kappa shape index (κ1) is 12.2. The average molecular weight is 292 g/mol. The van der Waals surface area contributed by atoms with Gasteiger partial charge in [0.05, 0.1) is 15.7 Å². The van der Waals surface area contributed by atoms with Gasteiger partial charge >= 0.3 is 6.18 Å². The Morgan fingerprint density at radius 3 is 2.27 bits per heavy atom. The summed E-state index contributed by atoms with van der Waals surface area (Å²) in [6.45, 7) is 0. The molecule has 1 aromatic heterocycles. The molecule has 15 heavy (non-hydrogen) atoms. The van der Waals surface area contributed by atoms with Gasteiger partial charge in [-0.15, -0.1) is 0 Å². The van der Waals surface area contributed by atoms with Crippen molar-refractivity contribution in [3.8, 4) is 0 Å². The highest BCUT2D eigenvalue weighted by Gasteiger charge is 2.37. The third kappa shape index (κ3) is 2.55. The molecule has 0 saturated carbocycles. The zero-order valence-electron chi connectivity index (χ0n) is 6.83. The average Bonchev–Trinajstić information content (AvgIpc) is 1.99. The van der Waals surface area contributed by atoms with Gasteiger partial charge < -0.3 is 4.98 Å². The monoisotopic (exact) mass is 291 g/mol. The smallest absolute Gasteiger partial charge is 0.316 e. The van der Waals surface area contributed by atoms with E-state index >= 15 is 0 Å². The Morgan fingerprint density at radius 2 is 1.87 bits per heavy atom. The van der Waals surface area contributed by atoms with Gasteiger partial charge in [-0.25, -0.2) is 8.78 Å². The van der Waals surface area contributed by atoms with E-state index in [9.17, 15) is 26.7 Å². The highest BCUT2D eigenvalue weighted by molar-refractivity contribution is 9.10. The fraction of sp³-hybridized carbons (Fsp3) is 0.286. The van der Waals surface area contributed by atoms with Crippen LogP contribution < -0.4 is 5.56 Å². The van der Waals surface area contributed by atoms with Crippen molar-refractivity contribution in [2.75, 3.05) is 0 Å². The van der Waals surface area contributed by atoms with Gasteiger partial charge in [-0.2, -0.15) is 13.2 Å². The van der Waals surface area contributed by atoms with E-state index in [1.807, 2.05) is 4.98 Å². The largest absolute Gasteiger partial charge is 0.417 e. The molecule has 0 bridgehead atoms. The molecule has 0 aliphatic heterocycles. The SMILES string of the molecule is O=c1[nH]c(Br)cc(C(F)(F)F)c1C(F)F. The lowest BCUT2D eigenvalue weighted by Gasteiger charge is -2.11. The van der Waals surface area contributed by atoms with Gasteiger partial charge in [0.15, 0.2) is 0 Å². The second kappa shape index (κ2) is 3.92. The Labute approximate surface area is 88.2 Å². The molecule has 0 radical (unpaired) electrons. The summed E-state index contributed by atoms with van der Waals surface area (Å²) in [6.07, 6.45) is -8.46. The minimum Gasteiger partial charge on any atom is -0.316 e. The number of aromatic nitrogens is 1. The molecule has 0 aromatic carbocycles. The Bertz CT molecular complexity index is 424. The maximum atomic E-state index is 12.3. The number of hydrogen-bond donors (Lipinski definition) is 1. The van der Waals surface area contributed by atoms with Crippen molar-refractivity contribution in [3.63, 3.8) is 0 Å². The number of aromatic amines is 1. The molecule has 2 nitrogen and oxygen atoms in total. The summed E-state index contributed by atoms with van der Waals surface area (Å²) in [5.74, 6) is 0. The highest BCUT2D eigenvalue weighted by Crippen LogP contribution is 2.35. The van der Waals surface area contributed by atoms with Crippen molar-refractivity contribution < 1.29 is 22.0 Å². The lowest BCUT2D eigenvalue weighted by Crippen LogP contribution is -2.21. The predicted molar refractivity (Wildman–Crippen MR) is 44.7 cm³/mol. The summed E-state index contributed by atoms with van der Waals surface area (Å²) >= 11 is 2.59. The van der Waals surface area contributed by atoms with E-state index < -0.39 is 29.3 Å². The van der Waals surface area contributed by atoms with Crippen LogP contribution in [0.15, 0.2) is 15.5 Å². The number of alkyl halides is 5. The van der Waals surface area contributed by atoms with Crippen LogP contribution in [0.1, 0.15) is 17.6 Å². The van der Waals surface area contributed by atoms with E-state index in [2.05, 4.69) is 15.9 Å². The molecule has 0 amide bonds. The van der Waals surface area contributed by atoms with E-state index in [1.54, 1.807) is 0 Å². The van der Waals surface area contributed by atoms with Crippen LogP contribution in [0.3, 0.4) is 0 Å². The molecule has 1 N–H and O–H groups in total. The number of H-pyrrole nitrogens is 1. The fourth-order valence-corrected chi connectivity index (χ4v) is 1.40. The van der Waals surface area contributed by atoms with Crippen LogP contribution in [0, 0.1) is 0 Å². The summed E-state index contributed by atoms with van der Waals surface area (Å²) in [7, 11) is 0. The van der Waals surface area contributed by atoms with E-state index in [-0.39, 0.29) is 4.60 Å². The quantitative estimate of drug-likeness (QED) is 0.626. The van der Waals surface area contributed by atoms with Crippen LogP contribution in [-0.4, -0.2) is 4.98 Å². The topological polar surface area (TPSA) is 32.9 Å². The van der Waals surface area contributed by atoms with Crippen molar-refractivity contribution in [1.82, 2.24) is 4.98 Å². The summed E-state index contributed by atoms with van der Waals surface area (Å²) in [6, 6.07) is 0.406. The van der Waals surface area contributed by atoms with Gasteiger partial charge in [0.1, 0.15) is 0 Å². The molecule has 0 spiro atoms. The number of halogens is 6. The van der Waals surface area contributed by atoms with E-state index in [0.717, 1.165) is 0 Å². The van der Waals surface area contributed by atoms with E-state index in [0.29, 0.717) is 6.07 Å². The maximum absolute atomic E-state index is 12.3. The number of hydrogen-bond acceptors (Lipinski definition) is 1. The molecule has 0 aliphatic rings. The van der Waals surface area contributed by atoms with Crippen molar-refractivity contribution in [2.45, 2.75) is 12.6 Å². The zero-order valence-corrected chi connectivity index (χ0v) is 8.42. The van der Waals surface area contributed by atoms with Crippen LogP contribution in [-0.2, 0) is 6.18 Å². The molecule has 84 valence electrons. The molecule has 1 aromatic rings. The Balaban J connectivity index is 3.55. The van der Waals surface area contributed by atoms with Crippen LogP contribution in [0.4, 0.5) is 22.0 Å². The van der Waals surface area contributed by atoms with Crippen molar-refractivity contribution >= 4 is 15.9 Å². The molecule has 1 rings (SSSR count). The molecule has 0 atom stereocenters. The van der Waals surface area contributed by atoms with Crippen LogP contribution in [0.5, 0.6) is 0 Å². The Hall–Kier alpha value is -0.920. The Morgan fingerprint density at radius 1 is 1.33 bits per heavy atom. The van der Waals surface area contributed by atoms with Gasteiger partial charge in [0.2, 0.25) is 0 Å². The predicted octanol–water partition coefficient (Wildman–Crippen LogP) is 3.09. The molecule has 0 fully saturated rings. The first-order valence-electron chi connectivity index (χ1n) is 3.51. The molecule has 8 heteroatoms. The number of rotatable bonds is 1. The maximum Gasteiger partial charge on any atom is 0.417 e. The first-order chi connectivity index (χ1) is 6.73. The van der Waals surface area contributed by atoms with Crippen molar-refractivity contribution in [3.05, 3.63) is 32.2 Å². The van der Waals surface area contributed by atoms with Gasteiger partial charge in [-0.05, 0) is 22.0 Å². The highest BCUT2D eigenvalue weighted by atomic mass is 79.9. The van der Waals surface area contributed by atoms with E-state index in [1.165, 1.54) is 0 Å². The molecule has 0 saturated heterocycles. The number of nitrogens with one attached hydrogen (secondary N) is 1. The van der Waals surface area contributed by atoms with Crippen LogP contribution in [0.25, 0.3) is 0 Å². The number of pyridine rings is 1. The lowest BCUT2D eigenvalue weighted by molar-refractivity contribution is -0.139. The standard InChI is InChI=1S/C7H3BrF5NO/c8-3-1-2(7(11,12)13)4(5(9)10)6(15)14-3/h1,5H,(H,14,15). The normalized spacial score (nSPS) is 12.2. The minimum atomic E-state index is -4.98. The zero-order chi connectivity index (χ0) is 11.8. The van der Waals surface area contributed by atoms with Crippen molar-refractivity contribution in [2.24, 2.45) is 0 Å². The second-order valence-corrected chi connectivity index (χ2v) is 3.43. The summed E-state index contributed by atoms with van der Waals surface area (Å²) in [4.78, 5) is 12.7. The van der Waals surface area contributed by atoms with Crippen molar-refractivity contribution in [1.29, 1.82) is 0 Å². The molecule has 0 unspecified atom stereocenters. The molecular formula is C7H3BrF5NO. The van der Waals surface area contributed by atoms with Gasteiger partial charge in [-0.3, -0.25) is 4.79 Å². The third-order valence-corrected chi connectivity index (χ3v) is 1.99. The first-order valence-corrected chi connectivity index (χ1v) is 4.31. The molecular weight excluding hydrogens is 289 g/mol. The van der Waals surface area contributed by atoms with Gasteiger partial charge in [-0.1, -0.05) is 0 Å². The molecule has 0 aliphatic carbocycles. The van der Waals surface area contributed by atoms with Gasteiger partial charge in [0.25, 0.3) is 12.0 Å². The fourth-order valence-electron chi connectivity index (χ4n) is 0.990. The van der Waals surface area contributed by atoms with Crippen LogP contribution in [0.2, 0.25) is 0 Å². The summed E-state index contributed by atoms with van der Waals surface area (Å²) in [5, 5.41) is 0.